The predicted molar refractivity (Wildman–Crippen MR) is 59.8 cm³/mol. The Kier molecular flexibility index (Phi) is 3.69. The number of hydrogen-bond acceptors (Lipinski definition) is 3. The molecule has 1 aromatic rings. The second-order valence-electron chi connectivity index (χ2n) is 3.06. The van der Waals surface area contributed by atoms with Crippen molar-refractivity contribution in [1.29, 1.82) is 0 Å². The number of nitro benzene ring substituents is 1. The molecule has 0 heterocycles. The summed E-state index contributed by atoms with van der Waals surface area (Å²) in [6.45, 7) is 3.97. The zero-order chi connectivity index (χ0) is 11.3. The Morgan fingerprint density at radius 3 is 2.87 bits per heavy atom. The van der Waals surface area contributed by atoms with E-state index in [1.165, 1.54) is 0 Å². The van der Waals surface area contributed by atoms with Crippen LogP contribution in [0.3, 0.4) is 0 Å². The van der Waals surface area contributed by atoms with Crippen LogP contribution in [-0.2, 0) is 0 Å². The molecule has 15 heavy (non-hydrogen) atoms. The quantitative estimate of drug-likeness (QED) is 0.467. The molecule has 4 heteroatoms. The van der Waals surface area contributed by atoms with Crippen molar-refractivity contribution in [3.05, 3.63) is 33.9 Å². The fourth-order valence-electron chi connectivity index (χ4n) is 1.17. The highest BCUT2D eigenvalue weighted by molar-refractivity contribution is 5.62. The summed E-state index contributed by atoms with van der Waals surface area (Å²) in [5.74, 6) is 5.51. The summed E-state index contributed by atoms with van der Waals surface area (Å²) < 4.78 is 0. The van der Waals surface area contributed by atoms with Crippen LogP contribution in [0, 0.1) is 28.9 Å². The van der Waals surface area contributed by atoms with E-state index in [0.717, 1.165) is 5.56 Å². The molecule has 0 amide bonds. The highest BCUT2D eigenvalue weighted by Crippen LogP contribution is 2.24. The van der Waals surface area contributed by atoms with Gasteiger partial charge >= 0.3 is 0 Å². The average molecular weight is 204 g/mol. The Labute approximate surface area is 88.5 Å². The van der Waals surface area contributed by atoms with Crippen molar-refractivity contribution < 1.29 is 4.92 Å². The van der Waals surface area contributed by atoms with Crippen LogP contribution >= 0.6 is 0 Å². The van der Waals surface area contributed by atoms with Crippen LogP contribution in [0.15, 0.2) is 18.2 Å². The molecule has 1 N–H and O–H groups in total. The number of benzene rings is 1. The van der Waals surface area contributed by atoms with Gasteiger partial charge in [-0.05, 0) is 25.5 Å². The number of rotatable bonds is 3. The Bertz CT molecular complexity index is 430. The summed E-state index contributed by atoms with van der Waals surface area (Å²) in [5.41, 5.74) is 1.47. The van der Waals surface area contributed by atoms with Gasteiger partial charge in [-0.2, -0.15) is 0 Å². The molecule has 1 rings (SSSR count). The lowest BCUT2D eigenvalue weighted by Gasteiger charge is -2.04. The molecule has 0 spiro atoms. The molecule has 0 radical (unpaired) electrons. The Hall–Kier alpha value is -2.02. The summed E-state index contributed by atoms with van der Waals surface area (Å²) in [6.07, 6.45) is 0. The first kappa shape index (κ1) is 11.1. The molecule has 78 valence electrons. The van der Waals surface area contributed by atoms with Gasteiger partial charge in [0, 0.05) is 6.07 Å². The molecule has 0 aromatic heterocycles. The maximum absolute atomic E-state index is 10.7. The van der Waals surface area contributed by atoms with Crippen LogP contribution in [0.2, 0.25) is 0 Å². The number of anilines is 1. The van der Waals surface area contributed by atoms with Gasteiger partial charge in [-0.15, -0.1) is 5.92 Å². The second-order valence-corrected chi connectivity index (χ2v) is 3.06. The van der Waals surface area contributed by atoms with Crippen molar-refractivity contribution in [2.24, 2.45) is 0 Å². The van der Waals surface area contributed by atoms with Gasteiger partial charge in [-0.1, -0.05) is 12.0 Å². The molecule has 1 aromatic carbocycles. The van der Waals surface area contributed by atoms with Gasteiger partial charge in [0.1, 0.15) is 5.69 Å². The molecular weight excluding hydrogens is 192 g/mol. The largest absolute Gasteiger partial charge is 0.369 e. The third kappa shape index (κ3) is 2.99. The van der Waals surface area contributed by atoms with E-state index in [9.17, 15) is 10.1 Å². The zero-order valence-electron chi connectivity index (χ0n) is 8.70. The van der Waals surface area contributed by atoms with Crippen molar-refractivity contribution >= 4 is 11.4 Å². The maximum Gasteiger partial charge on any atom is 0.292 e. The Balaban J connectivity index is 2.94. The summed E-state index contributed by atoms with van der Waals surface area (Å²) in [6, 6.07) is 5.07. The predicted octanol–water partition coefficient (Wildman–Crippen LogP) is 2.34. The summed E-state index contributed by atoms with van der Waals surface area (Å²) >= 11 is 0. The molecule has 0 aliphatic rings. The standard InChI is InChI=1S/C11H12N2O2/c1-3-4-7-12-10-6-5-9(2)8-11(10)13(14)15/h5-6,8,12H,7H2,1-2H3. The van der Waals surface area contributed by atoms with Gasteiger partial charge in [0.25, 0.3) is 5.69 Å². The SMILES string of the molecule is CC#CCNc1ccc(C)cc1[N+](=O)[O-]. The summed E-state index contributed by atoms with van der Waals surface area (Å²) in [7, 11) is 0. The fraction of sp³-hybridized carbons (Fsp3) is 0.273. The third-order valence-corrected chi connectivity index (χ3v) is 1.89. The lowest BCUT2D eigenvalue weighted by Crippen LogP contribution is -2.02. The number of nitro groups is 1. The minimum Gasteiger partial charge on any atom is -0.369 e. The van der Waals surface area contributed by atoms with Crippen LogP contribution in [0.5, 0.6) is 0 Å². The monoisotopic (exact) mass is 204 g/mol. The minimum atomic E-state index is -0.394. The van der Waals surface area contributed by atoms with Crippen LogP contribution in [0.1, 0.15) is 12.5 Å². The maximum atomic E-state index is 10.7. The van der Waals surface area contributed by atoms with E-state index in [2.05, 4.69) is 17.2 Å². The van der Waals surface area contributed by atoms with Gasteiger partial charge in [0.2, 0.25) is 0 Å². The van der Waals surface area contributed by atoms with Crippen molar-refractivity contribution in [2.45, 2.75) is 13.8 Å². The molecule has 0 saturated carbocycles. The Morgan fingerprint density at radius 2 is 2.27 bits per heavy atom. The lowest BCUT2D eigenvalue weighted by atomic mass is 10.2. The van der Waals surface area contributed by atoms with Crippen molar-refractivity contribution in [2.75, 3.05) is 11.9 Å². The van der Waals surface area contributed by atoms with Gasteiger partial charge in [-0.3, -0.25) is 10.1 Å². The first-order chi connectivity index (χ1) is 7.15. The smallest absolute Gasteiger partial charge is 0.292 e. The van der Waals surface area contributed by atoms with Crippen LogP contribution in [0.4, 0.5) is 11.4 Å². The second kappa shape index (κ2) is 5.01. The van der Waals surface area contributed by atoms with E-state index in [-0.39, 0.29) is 5.69 Å². The number of nitrogens with zero attached hydrogens (tertiary/aromatic N) is 1. The van der Waals surface area contributed by atoms with Crippen LogP contribution in [0.25, 0.3) is 0 Å². The number of nitrogens with one attached hydrogen (secondary N) is 1. The molecular formula is C11H12N2O2. The number of aryl methyl sites for hydroxylation is 1. The van der Waals surface area contributed by atoms with Gasteiger partial charge in [0.15, 0.2) is 0 Å². The Morgan fingerprint density at radius 1 is 1.53 bits per heavy atom. The van der Waals surface area contributed by atoms with Crippen molar-refractivity contribution in [1.82, 2.24) is 0 Å². The normalized spacial score (nSPS) is 8.93. The topological polar surface area (TPSA) is 55.2 Å². The minimum absolute atomic E-state index is 0.0907. The van der Waals surface area contributed by atoms with E-state index in [1.54, 1.807) is 19.1 Å². The molecule has 0 saturated heterocycles. The molecule has 0 aliphatic carbocycles. The first-order valence-electron chi connectivity index (χ1n) is 4.53. The summed E-state index contributed by atoms with van der Waals surface area (Å²) in [5, 5.41) is 13.6. The fourth-order valence-corrected chi connectivity index (χ4v) is 1.17. The zero-order valence-corrected chi connectivity index (χ0v) is 8.70. The average Bonchev–Trinajstić information content (AvgIpc) is 2.20. The molecule has 4 nitrogen and oxygen atoms in total. The lowest BCUT2D eigenvalue weighted by molar-refractivity contribution is -0.384. The van der Waals surface area contributed by atoms with Gasteiger partial charge in [0.05, 0.1) is 11.5 Å². The highest BCUT2D eigenvalue weighted by atomic mass is 16.6. The van der Waals surface area contributed by atoms with E-state index in [0.29, 0.717) is 12.2 Å². The third-order valence-electron chi connectivity index (χ3n) is 1.89. The summed E-state index contributed by atoms with van der Waals surface area (Å²) in [4.78, 5) is 10.3. The first-order valence-corrected chi connectivity index (χ1v) is 4.53. The molecule has 0 fully saturated rings. The molecule has 0 aliphatic heterocycles. The van der Waals surface area contributed by atoms with Crippen molar-refractivity contribution in [3.8, 4) is 11.8 Å². The van der Waals surface area contributed by atoms with Crippen LogP contribution in [-0.4, -0.2) is 11.5 Å². The molecule has 0 bridgehead atoms. The van der Waals surface area contributed by atoms with Gasteiger partial charge in [-0.25, -0.2) is 0 Å². The highest BCUT2D eigenvalue weighted by Gasteiger charge is 2.12. The van der Waals surface area contributed by atoms with E-state index in [1.807, 2.05) is 13.0 Å². The van der Waals surface area contributed by atoms with Crippen LogP contribution < -0.4 is 5.32 Å². The van der Waals surface area contributed by atoms with Crippen molar-refractivity contribution in [3.63, 3.8) is 0 Å². The number of hydrogen-bond donors (Lipinski definition) is 1. The van der Waals surface area contributed by atoms with E-state index < -0.39 is 4.92 Å². The molecule has 0 atom stereocenters. The van der Waals surface area contributed by atoms with E-state index >= 15 is 0 Å². The van der Waals surface area contributed by atoms with Gasteiger partial charge < -0.3 is 5.32 Å². The molecule has 0 unspecified atom stereocenters. The van der Waals surface area contributed by atoms with E-state index in [4.69, 9.17) is 0 Å².